The van der Waals surface area contributed by atoms with E-state index < -0.39 is 0 Å². The van der Waals surface area contributed by atoms with Gasteiger partial charge in [-0.1, -0.05) is 31.2 Å². The Hall–Kier alpha value is -0.900. The highest BCUT2D eigenvalue weighted by Crippen LogP contribution is 2.38. The lowest BCUT2D eigenvalue weighted by Crippen LogP contribution is -2.46. The highest BCUT2D eigenvalue weighted by Gasteiger charge is 2.30. The van der Waals surface area contributed by atoms with Crippen LogP contribution in [0.2, 0.25) is 0 Å². The van der Waals surface area contributed by atoms with Crippen LogP contribution in [-0.2, 0) is 11.2 Å². The molecule has 2 rings (SSSR count). The van der Waals surface area contributed by atoms with Gasteiger partial charge in [-0.25, -0.2) is 0 Å². The molecule has 1 aromatic carbocycles. The van der Waals surface area contributed by atoms with Gasteiger partial charge in [0.2, 0.25) is 0 Å². The number of benzene rings is 1. The first-order valence-electron chi connectivity index (χ1n) is 6.95. The lowest BCUT2D eigenvalue weighted by molar-refractivity contribution is 0.0271. The van der Waals surface area contributed by atoms with Crippen LogP contribution in [0.4, 0.5) is 0 Å². The van der Waals surface area contributed by atoms with E-state index in [1.807, 2.05) is 6.92 Å². The van der Waals surface area contributed by atoms with E-state index in [0.717, 1.165) is 19.4 Å². The van der Waals surface area contributed by atoms with Crippen molar-refractivity contribution in [1.29, 1.82) is 0 Å². The SMILES string of the molecule is CCOC(CC)C(CC1Cc2ccccc21)NN. The van der Waals surface area contributed by atoms with E-state index in [-0.39, 0.29) is 12.1 Å². The van der Waals surface area contributed by atoms with E-state index in [4.69, 9.17) is 10.6 Å². The number of ether oxygens (including phenoxy) is 1. The zero-order valence-electron chi connectivity index (χ0n) is 11.4. The van der Waals surface area contributed by atoms with E-state index in [2.05, 4.69) is 36.6 Å². The van der Waals surface area contributed by atoms with Crippen LogP contribution in [-0.4, -0.2) is 18.8 Å². The Balaban J connectivity index is 1.96. The van der Waals surface area contributed by atoms with Crippen molar-refractivity contribution in [3.8, 4) is 0 Å². The third-order valence-corrected chi connectivity index (χ3v) is 3.95. The molecule has 0 spiro atoms. The van der Waals surface area contributed by atoms with Gasteiger partial charge in [0.05, 0.1) is 6.10 Å². The van der Waals surface area contributed by atoms with E-state index >= 15 is 0 Å². The Labute approximate surface area is 110 Å². The molecule has 18 heavy (non-hydrogen) atoms. The molecule has 3 heteroatoms. The molecule has 100 valence electrons. The van der Waals surface area contributed by atoms with Gasteiger partial charge in [-0.15, -0.1) is 0 Å². The van der Waals surface area contributed by atoms with Crippen molar-refractivity contribution in [3.05, 3.63) is 35.4 Å². The van der Waals surface area contributed by atoms with Crippen molar-refractivity contribution in [2.75, 3.05) is 6.61 Å². The topological polar surface area (TPSA) is 47.3 Å². The Kier molecular flexibility index (Phi) is 4.75. The molecule has 1 aliphatic rings. The van der Waals surface area contributed by atoms with Crippen LogP contribution >= 0.6 is 0 Å². The number of nitrogens with one attached hydrogen (secondary N) is 1. The normalized spacial score (nSPS) is 20.9. The minimum absolute atomic E-state index is 0.216. The van der Waals surface area contributed by atoms with Crippen LogP contribution in [0.5, 0.6) is 0 Å². The molecule has 3 nitrogen and oxygen atoms in total. The summed E-state index contributed by atoms with van der Waals surface area (Å²) in [5, 5.41) is 0. The van der Waals surface area contributed by atoms with Crippen LogP contribution in [0.15, 0.2) is 24.3 Å². The van der Waals surface area contributed by atoms with Crippen molar-refractivity contribution in [3.63, 3.8) is 0 Å². The number of hydrazine groups is 1. The maximum absolute atomic E-state index is 5.76. The van der Waals surface area contributed by atoms with Gasteiger partial charge in [0.25, 0.3) is 0 Å². The predicted molar refractivity (Wildman–Crippen MR) is 74.3 cm³/mol. The summed E-state index contributed by atoms with van der Waals surface area (Å²) in [5.74, 6) is 6.33. The van der Waals surface area contributed by atoms with E-state index in [0.29, 0.717) is 5.92 Å². The first-order valence-corrected chi connectivity index (χ1v) is 6.95. The third-order valence-electron chi connectivity index (χ3n) is 3.95. The second-order valence-corrected chi connectivity index (χ2v) is 5.01. The molecule has 1 aromatic rings. The lowest BCUT2D eigenvalue weighted by atomic mass is 9.74. The average molecular weight is 248 g/mol. The standard InChI is InChI=1S/C15H24N2O/c1-3-15(18-4-2)14(17-16)10-12-9-11-7-5-6-8-13(11)12/h5-8,12,14-15,17H,3-4,9-10,16H2,1-2H3. The van der Waals surface area contributed by atoms with Crippen molar-refractivity contribution in [2.45, 2.75) is 51.2 Å². The summed E-state index contributed by atoms with van der Waals surface area (Å²) < 4.78 is 5.76. The van der Waals surface area contributed by atoms with Crippen molar-refractivity contribution in [1.82, 2.24) is 5.43 Å². The Morgan fingerprint density at radius 2 is 2.17 bits per heavy atom. The van der Waals surface area contributed by atoms with Gasteiger partial charge in [-0.05, 0) is 43.2 Å². The summed E-state index contributed by atoms with van der Waals surface area (Å²) in [6, 6.07) is 8.93. The zero-order chi connectivity index (χ0) is 13.0. The number of rotatable bonds is 7. The molecule has 1 aliphatic carbocycles. The summed E-state index contributed by atoms with van der Waals surface area (Å²) >= 11 is 0. The molecule has 0 bridgehead atoms. The van der Waals surface area contributed by atoms with E-state index in [1.54, 1.807) is 0 Å². The molecule has 0 fully saturated rings. The molecule has 0 radical (unpaired) electrons. The van der Waals surface area contributed by atoms with Gasteiger partial charge in [0, 0.05) is 12.6 Å². The number of nitrogens with two attached hydrogens (primary N) is 1. The zero-order valence-corrected chi connectivity index (χ0v) is 11.4. The fourth-order valence-corrected chi connectivity index (χ4v) is 2.94. The molecule has 3 unspecified atom stereocenters. The van der Waals surface area contributed by atoms with Crippen LogP contribution in [0, 0.1) is 0 Å². The summed E-state index contributed by atoms with van der Waals surface area (Å²) in [4.78, 5) is 0. The number of hydrogen-bond donors (Lipinski definition) is 2. The molecular formula is C15H24N2O. The van der Waals surface area contributed by atoms with Gasteiger partial charge in [-0.2, -0.15) is 0 Å². The van der Waals surface area contributed by atoms with E-state index in [1.165, 1.54) is 17.5 Å². The minimum Gasteiger partial charge on any atom is -0.377 e. The highest BCUT2D eigenvalue weighted by molar-refractivity contribution is 5.39. The van der Waals surface area contributed by atoms with Crippen molar-refractivity contribution < 1.29 is 4.74 Å². The van der Waals surface area contributed by atoms with Crippen LogP contribution < -0.4 is 11.3 Å². The number of fused-ring (bicyclic) bond motifs is 1. The second kappa shape index (κ2) is 6.32. The maximum atomic E-state index is 5.76. The molecule has 3 N–H and O–H groups in total. The molecule has 0 aromatic heterocycles. The smallest absolute Gasteiger partial charge is 0.0738 e. The molecular weight excluding hydrogens is 224 g/mol. The monoisotopic (exact) mass is 248 g/mol. The Morgan fingerprint density at radius 3 is 2.78 bits per heavy atom. The maximum Gasteiger partial charge on any atom is 0.0738 e. The van der Waals surface area contributed by atoms with Gasteiger partial charge in [-0.3, -0.25) is 11.3 Å². The van der Waals surface area contributed by atoms with Crippen LogP contribution in [0.3, 0.4) is 0 Å². The number of hydrogen-bond acceptors (Lipinski definition) is 3. The summed E-state index contributed by atoms with van der Waals surface area (Å²) in [6.07, 6.45) is 3.45. The van der Waals surface area contributed by atoms with Gasteiger partial charge < -0.3 is 4.74 Å². The predicted octanol–water partition coefficient (Wildman–Crippen LogP) is 2.36. The van der Waals surface area contributed by atoms with E-state index in [9.17, 15) is 0 Å². The molecule has 0 saturated heterocycles. The van der Waals surface area contributed by atoms with Crippen molar-refractivity contribution >= 4 is 0 Å². The van der Waals surface area contributed by atoms with Gasteiger partial charge in [0.15, 0.2) is 0 Å². The lowest BCUT2D eigenvalue weighted by Gasteiger charge is -2.35. The fourth-order valence-electron chi connectivity index (χ4n) is 2.94. The average Bonchev–Trinajstić information content (AvgIpc) is 2.38. The largest absolute Gasteiger partial charge is 0.377 e. The van der Waals surface area contributed by atoms with Crippen LogP contribution in [0.1, 0.15) is 43.7 Å². The molecule has 3 atom stereocenters. The van der Waals surface area contributed by atoms with Gasteiger partial charge in [0.1, 0.15) is 0 Å². The third kappa shape index (κ3) is 2.74. The Morgan fingerprint density at radius 1 is 1.39 bits per heavy atom. The van der Waals surface area contributed by atoms with Gasteiger partial charge >= 0.3 is 0 Å². The molecule has 0 aliphatic heterocycles. The quantitative estimate of drug-likeness (QED) is 0.575. The second-order valence-electron chi connectivity index (χ2n) is 5.01. The van der Waals surface area contributed by atoms with Crippen molar-refractivity contribution in [2.24, 2.45) is 5.84 Å². The first-order chi connectivity index (χ1) is 8.80. The Bertz CT molecular complexity index is 381. The van der Waals surface area contributed by atoms with Crippen LogP contribution in [0.25, 0.3) is 0 Å². The summed E-state index contributed by atoms with van der Waals surface area (Å²) in [7, 11) is 0. The minimum atomic E-state index is 0.216. The summed E-state index contributed by atoms with van der Waals surface area (Å²) in [6.45, 7) is 4.94. The molecule has 0 heterocycles. The first kappa shape index (κ1) is 13.5. The fraction of sp³-hybridized carbons (Fsp3) is 0.600. The summed E-state index contributed by atoms with van der Waals surface area (Å²) in [5.41, 5.74) is 5.92. The highest BCUT2D eigenvalue weighted by atomic mass is 16.5. The molecule has 0 amide bonds. The molecule has 0 saturated carbocycles.